The molecule has 0 saturated heterocycles. The summed E-state index contributed by atoms with van der Waals surface area (Å²) in [4.78, 5) is 4.29. The highest BCUT2D eigenvalue weighted by molar-refractivity contribution is 7.14. The van der Waals surface area contributed by atoms with E-state index in [9.17, 15) is 0 Å². The summed E-state index contributed by atoms with van der Waals surface area (Å²) in [5.74, 6) is 1.31. The SMILES string of the molecule is COc1ccc(C(C)C)cc1-c1csc(Cl)n1. The molecule has 0 amide bonds. The molecule has 17 heavy (non-hydrogen) atoms. The molecule has 0 aliphatic heterocycles. The van der Waals surface area contributed by atoms with E-state index in [-0.39, 0.29) is 0 Å². The molecular weight excluding hydrogens is 254 g/mol. The Balaban J connectivity index is 2.53. The molecule has 4 heteroatoms. The van der Waals surface area contributed by atoms with E-state index in [0.29, 0.717) is 10.4 Å². The van der Waals surface area contributed by atoms with Gasteiger partial charge < -0.3 is 4.74 Å². The van der Waals surface area contributed by atoms with E-state index in [1.807, 2.05) is 11.4 Å². The third-order valence-corrected chi connectivity index (χ3v) is 3.62. The largest absolute Gasteiger partial charge is 0.496 e. The van der Waals surface area contributed by atoms with E-state index in [1.54, 1.807) is 7.11 Å². The van der Waals surface area contributed by atoms with Gasteiger partial charge in [0.25, 0.3) is 0 Å². The van der Waals surface area contributed by atoms with Crippen molar-refractivity contribution in [1.82, 2.24) is 4.98 Å². The first kappa shape index (κ1) is 12.4. The summed E-state index contributed by atoms with van der Waals surface area (Å²) in [7, 11) is 1.67. The van der Waals surface area contributed by atoms with E-state index < -0.39 is 0 Å². The lowest BCUT2D eigenvalue weighted by atomic mass is 9.99. The van der Waals surface area contributed by atoms with Crippen molar-refractivity contribution in [1.29, 1.82) is 0 Å². The Bertz CT molecular complexity index is 522. The highest BCUT2D eigenvalue weighted by Gasteiger charge is 2.11. The molecule has 2 nitrogen and oxygen atoms in total. The van der Waals surface area contributed by atoms with Crippen LogP contribution >= 0.6 is 22.9 Å². The summed E-state index contributed by atoms with van der Waals surface area (Å²) in [6.07, 6.45) is 0. The molecule has 1 aromatic heterocycles. The number of aromatic nitrogens is 1. The zero-order valence-corrected chi connectivity index (χ0v) is 11.6. The van der Waals surface area contributed by atoms with Crippen molar-refractivity contribution < 1.29 is 4.74 Å². The fraction of sp³-hybridized carbons (Fsp3) is 0.308. The fourth-order valence-corrected chi connectivity index (χ4v) is 2.42. The molecule has 2 aromatic rings. The lowest BCUT2D eigenvalue weighted by molar-refractivity contribution is 0.416. The molecule has 0 N–H and O–H groups in total. The molecule has 0 aliphatic carbocycles. The van der Waals surface area contributed by atoms with E-state index in [2.05, 4.69) is 31.0 Å². The van der Waals surface area contributed by atoms with Gasteiger partial charge in [0, 0.05) is 10.9 Å². The number of hydrogen-bond acceptors (Lipinski definition) is 3. The Hall–Kier alpha value is -1.06. The van der Waals surface area contributed by atoms with E-state index in [0.717, 1.165) is 17.0 Å². The van der Waals surface area contributed by atoms with Crippen LogP contribution in [-0.4, -0.2) is 12.1 Å². The first-order chi connectivity index (χ1) is 8.11. The lowest BCUT2D eigenvalue weighted by Crippen LogP contribution is -1.92. The van der Waals surface area contributed by atoms with Gasteiger partial charge in [-0.2, -0.15) is 0 Å². The summed E-state index contributed by atoms with van der Waals surface area (Å²) in [6, 6.07) is 6.19. The Morgan fingerprint density at radius 3 is 2.65 bits per heavy atom. The second-order valence-corrected chi connectivity index (χ2v) is 5.54. The molecule has 1 heterocycles. The number of methoxy groups -OCH3 is 1. The average molecular weight is 268 g/mol. The van der Waals surface area contributed by atoms with Crippen LogP contribution in [0.3, 0.4) is 0 Å². The van der Waals surface area contributed by atoms with Gasteiger partial charge in [0.15, 0.2) is 4.47 Å². The van der Waals surface area contributed by atoms with Crippen molar-refractivity contribution in [2.24, 2.45) is 0 Å². The Morgan fingerprint density at radius 2 is 2.12 bits per heavy atom. The molecule has 0 fully saturated rings. The highest BCUT2D eigenvalue weighted by atomic mass is 35.5. The van der Waals surface area contributed by atoms with Gasteiger partial charge in [0.1, 0.15) is 5.75 Å². The lowest BCUT2D eigenvalue weighted by Gasteiger charge is -2.11. The number of hydrogen-bond donors (Lipinski definition) is 0. The Kier molecular flexibility index (Phi) is 3.69. The van der Waals surface area contributed by atoms with Gasteiger partial charge in [0.05, 0.1) is 12.8 Å². The highest BCUT2D eigenvalue weighted by Crippen LogP contribution is 2.34. The molecular formula is C13H14ClNOS. The summed E-state index contributed by atoms with van der Waals surface area (Å²) < 4.78 is 5.92. The first-order valence-corrected chi connectivity index (χ1v) is 6.67. The minimum absolute atomic E-state index is 0.480. The van der Waals surface area contributed by atoms with Gasteiger partial charge in [-0.15, -0.1) is 11.3 Å². The Labute approximate surface area is 110 Å². The number of thiazole rings is 1. The van der Waals surface area contributed by atoms with Gasteiger partial charge in [-0.05, 0) is 23.6 Å². The second kappa shape index (κ2) is 5.07. The molecule has 1 aromatic carbocycles. The van der Waals surface area contributed by atoms with Crippen molar-refractivity contribution in [3.8, 4) is 17.0 Å². The number of rotatable bonds is 3. The number of benzene rings is 1. The van der Waals surface area contributed by atoms with Crippen LogP contribution in [0.25, 0.3) is 11.3 Å². The number of nitrogens with zero attached hydrogens (tertiary/aromatic N) is 1. The van der Waals surface area contributed by atoms with Crippen LogP contribution in [0.4, 0.5) is 0 Å². The van der Waals surface area contributed by atoms with Gasteiger partial charge in [0.2, 0.25) is 0 Å². The quantitative estimate of drug-likeness (QED) is 0.811. The van der Waals surface area contributed by atoms with Crippen LogP contribution in [0.1, 0.15) is 25.3 Å². The van der Waals surface area contributed by atoms with E-state index in [1.165, 1.54) is 16.9 Å². The molecule has 0 spiro atoms. The van der Waals surface area contributed by atoms with Crippen LogP contribution in [0.2, 0.25) is 4.47 Å². The normalized spacial score (nSPS) is 10.9. The maximum atomic E-state index is 5.87. The third-order valence-electron chi connectivity index (χ3n) is 2.64. The fourth-order valence-electron chi connectivity index (χ4n) is 1.66. The van der Waals surface area contributed by atoms with Crippen molar-refractivity contribution in [3.63, 3.8) is 0 Å². The molecule has 0 bridgehead atoms. The van der Waals surface area contributed by atoms with Gasteiger partial charge >= 0.3 is 0 Å². The average Bonchev–Trinajstić information content (AvgIpc) is 2.74. The summed E-state index contributed by atoms with van der Waals surface area (Å²) in [6.45, 7) is 4.33. The predicted molar refractivity (Wildman–Crippen MR) is 73.2 cm³/mol. The molecule has 90 valence electrons. The predicted octanol–water partition coefficient (Wildman–Crippen LogP) is 4.60. The second-order valence-electron chi connectivity index (χ2n) is 4.10. The first-order valence-electron chi connectivity index (χ1n) is 5.41. The topological polar surface area (TPSA) is 22.1 Å². The molecule has 2 rings (SSSR count). The van der Waals surface area contributed by atoms with E-state index in [4.69, 9.17) is 16.3 Å². The van der Waals surface area contributed by atoms with E-state index >= 15 is 0 Å². The van der Waals surface area contributed by atoms with Crippen LogP contribution < -0.4 is 4.74 Å². The Morgan fingerprint density at radius 1 is 1.35 bits per heavy atom. The van der Waals surface area contributed by atoms with Crippen LogP contribution in [0.15, 0.2) is 23.6 Å². The molecule has 0 atom stereocenters. The van der Waals surface area contributed by atoms with Gasteiger partial charge in [-0.1, -0.05) is 31.5 Å². The minimum Gasteiger partial charge on any atom is -0.496 e. The monoisotopic (exact) mass is 267 g/mol. The van der Waals surface area contributed by atoms with Crippen molar-refractivity contribution >= 4 is 22.9 Å². The zero-order chi connectivity index (χ0) is 12.4. The summed E-state index contributed by atoms with van der Waals surface area (Å²) in [5.41, 5.74) is 3.14. The number of ether oxygens (including phenoxy) is 1. The number of halogens is 1. The maximum absolute atomic E-state index is 5.87. The van der Waals surface area contributed by atoms with Crippen molar-refractivity contribution in [2.75, 3.05) is 7.11 Å². The third kappa shape index (κ3) is 2.61. The molecule has 0 saturated carbocycles. The van der Waals surface area contributed by atoms with Crippen molar-refractivity contribution in [3.05, 3.63) is 33.6 Å². The van der Waals surface area contributed by atoms with Crippen molar-refractivity contribution in [2.45, 2.75) is 19.8 Å². The van der Waals surface area contributed by atoms with Gasteiger partial charge in [-0.25, -0.2) is 4.98 Å². The smallest absolute Gasteiger partial charge is 0.184 e. The molecule has 0 radical (unpaired) electrons. The standard InChI is InChI=1S/C13H14ClNOS/c1-8(2)9-4-5-12(16-3)10(6-9)11-7-17-13(14)15-11/h4-8H,1-3H3. The van der Waals surface area contributed by atoms with Crippen LogP contribution in [0.5, 0.6) is 5.75 Å². The summed E-state index contributed by atoms with van der Waals surface area (Å²) >= 11 is 7.31. The summed E-state index contributed by atoms with van der Waals surface area (Å²) in [5, 5.41) is 1.95. The minimum atomic E-state index is 0.480. The molecule has 0 unspecified atom stereocenters. The maximum Gasteiger partial charge on any atom is 0.184 e. The van der Waals surface area contributed by atoms with Crippen LogP contribution in [-0.2, 0) is 0 Å². The van der Waals surface area contributed by atoms with Crippen LogP contribution in [0, 0.1) is 0 Å². The zero-order valence-electron chi connectivity index (χ0n) is 10.0. The van der Waals surface area contributed by atoms with Gasteiger partial charge in [-0.3, -0.25) is 0 Å². The molecule has 0 aliphatic rings.